The fourth-order valence-electron chi connectivity index (χ4n) is 2.31. The number of aromatic nitrogens is 2. The van der Waals surface area contributed by atoms with Crippen molar-refractivity contribution in [3.05, 3.63) is 36.2 Å². The van der Waals surface area contributed by atoms with E-state index in [0.717, 1.165) is 11.0 Å². The average Bonchev–Trinajstić information content (AvgIpc) is 3.18. The molecule has 0 bridgehead atoms. The number of rotatable bonds is 3. The van der Waals surface area contributed by atoms with E-state index in [9.17, 15) is 9.59 Å². The lowest BCUT2D eigenvalue weighted by atomic mass is 10.2. The Morgan fingerprint density at radius 1 is 1.23 bits per heavy atom. The number of benzene rings is 1. The molecular weight excluding hydrogens is 288 g/mol. The minimum absolute atomic E-state index is 0.130. The van der Waals surface area contributed by atoms with E-state index >= 15 is 0 Å². The van der Waals surface area contributed by atoms with Crippen molar-refractivity contribution in [1.29, 1.82) is 0 Å². The van der Waals surface area contributed by atoms with Gasteiger partial charge >= 0.3 is 6.03 Å². The number of nitrogens with one attached hydrogen (secondary N) is 2. The van der Waals surface area contributed by atoms with Gasteiger partial charge in [0.15, 0.2) is 5.76 Å². The molecule has 0 saturated carbocycles. The highest BCUT2D eigenvalue weighted by atomic mass is 16.5. The summed E-state index contributed by atoms with van der Waals surface area (Å²) >= 11 is 0. The molecule has 3 heterocycles. The fourth-order valence-corrected chi connectivity index (χ4v) is 2.31. The minimum atomic E-state index is -0.698. The van der Waals surface area contributed by atoms with Gasteiger partial charge in [0.25, 0.3) is 5.91 Å². The highest BCUT2D eigenvalue weighted by molar-refractivity contribution is 6.04. The van der Waals surface area contributed by atoms with Gasteiger partial charge in [0.1, 0.15) is 11.6 Å². The largest absolute Gasteiger partial charge is 0.453 e. The monoisotopic (exact) mass is 298 g/mol. The third-order valence-corrected chi connectivity index (χ3v) is 3.35. The maximum atomic E-state index is 11.5. The molecular formula is C14H10N4O4. The Morgan fingerprint density at radius 3 is 2.86 bits per heavy atom. The molecule has 22 heavy (non-hydrogen) atoms. The van der Waals surface area contributed by atoms with E-state index in [1.54, 1.807) is 0 Å². The normalized spacial score (nSPS) is 17.7. The summed E-state index contributed by atoms with van der Waals surface area (Å²) in [5.41, 5.74) is 0.728. The fraction of sp³-hybridized carbons (Fsp3) is 0.143. The van der Waals surface area contributed by atoms with Crippen LogP contribution >= 0.6 is 0 Å². The molecule has 8 nitrogen and oxygen atoms in total. The zero-order valence-electron chi connectivity index (χ0n) is 11.2. The number of hydrogen-bond acceptors (Lipinski definition) is 6. The SMILES string of the molecule is O=C1NC(=O)[C@H](Cc2nc(-c3cc4ccccc4o3)no2)N1. The number of hydrogen-bond donors (Lipinski definition) is 2. The predicted molar refractivity (Wildman–Crippen MR) is 73.7 cm³/mol. The first-order valence-electron chi connectivity index (χ1n) is 6.62. The molecule has 110 valence electrons. The van der Waals surface area contributed by atoms with Crippen molar-refractivity contribution in [1.82, 2.24) is 20.8 Å². The van der Waals surface area contributed by atoms with Crippen LogP contribution in [0.1, 0.15) is 5.89 Å². The zero-order chi connectivity index (χ0) is 15.1. The smallest absolute Gasteiger partial charge is 0.322 e. The third-order valence-electron chi connectivity index (χ3n) is 3.35. The predicted octanol–water partition coefficient (Wildman–Crippen LogP) is 1.23. The van der Waals surface area contributed by atoms with Gasteiger partial charge in [-0.3, -0.25) is 10.1 Å². The van der Waals surface area contributed by atoms with E-state index in [1.807, 2.05) is 30.3 Å². The van der Waals surface area contributed by atoms with Crippen LogP contribution in [0, 0.1) is 0 Å². The van der Waals surface area contributed by atoms with Crippen LogP contribution in [0.5, 0.6) is 0 Å². The maximum absolute atomic E-state index is 11.5. The van der Waals surface area contributed by atoms with Crippen LogP contribution in [0.2, 0.25) is 0 Å². The molecule has 0 aliphatic carbocycles. The lowest BCUT2D eigenvalue weighted by Crippen LogP contribution is -2.31. The Labute approximate surface area is 123 Å². The van der Waals surface area contributed by atoms with Gasteiger partial charge in [-0.2, -0.15) is 4.98 Å². The first-order chi connectivity index (χ1) is 10.7. The van der Waals surface area contributed by atoms with Crippen LogP contribution < -0.4 is 10.6 Å². The molecule has 1 aliphatic rings. The van der Waals surface area contributed by atoms with Crippen LogP contribution in [0.15, 0.2) is 39.3 Å². The van der Waals surface area contributed by atoms with Crippen LogP contribution in [0.4, 0.5) is 4.79 Å². The van der Waals surface area contributed by atoms with E-state index in [1.165, 1.54) is 0 Å². The second-order valence-corrected chi connectivity index (χ2v) is 4.88. The molecule has 1 saturated heterocycles. The molecule has 0 radical (unpaired) electrons. The van der Waals surface area contributed by atoms with Crippen LogP contribution in [-0.4, -0.2) is 28.1 Å². The quantitative estimate of drug-likeness (QED) is 0.704. The maximum Gasteiger partial charge on any atom is 0.322 e. The number of carbonyl (C=O) groups is 2. The van der Waals surface area contributed by atoms with E-state index < -0.39 is 18.0 Å². The third kappa shape index (κ3) is 2.10. The van der Waals surface area contributed by atoms with E-state index in [2.05, 4.69) is 20.8 Å². The lowest BCUT2D eigenvalue weighted by Gasteiger charge is -2.01. The summed E-state index contributed by atoms with van der Waals surface area (Å²) < 4.78 is 10.7. The zero-order valence-corrected chi connectivity index (χ0v) is 11.2. The molecule has 1 fully saturated rings. The highest BCUT2D eigenvalue weighted by Crippen LogP contribution is 2.25. The molecule has 3 amide bonds. The van der Waals surface area contributed by atoms with Crippen molar-refractivity contribution in [3.8, 4) is 11.6 Å². The van der Waals surface area contributed by atoms with Gasteiger partial charge in [0.05, 0.1) is 6.42 Å². The van der Waals surface area contributed by atoms with E-state index in [-0.39, 0.29) is 12.3 Å². The molecule has 1 aliphatic heterocycles. The average molecular weight is 298 g/mol. The number of para-hydroxylation sites is 1. The number of urea groups is 1. The van der Waals surface area contributed by atoms with E-state index in [0.29, 0.717) is 11.6 Å². The van der Waals surface area contributed by atoms with Crippen molar-refractivity contribution in [2.45, 2.75) is 12.5 Å². The Kier molecular flexibility index (Phi) is 2.68. The molecule has 3 aromatic rings. The van der Waals surface area contributed by atoms with Crippen LogP contribution in [0.3, 0.4) is 0 Å². The van der Waals surface area contributed by atoms with Gasteiger partial charge in [-0.05, 0) is 12.1 Å². The van der Waals surface area contributed by atoms with Crippen molar-refractivity contribution in [3.63, 3.8) is 0 Å². The van der Waals surface area contributed by atoms with Crippen molar-refractivity contribution < 1.29 is 18.5 Å². The van der Waals surface area contributed by atoms with Crippen molar-refractivity contribution in [2.75, 3.05) is 0 Å². The van der Waals surface area contributed by atoms with Gasteiger partial charge in [-0.25, -0.2) is 4.79 Å². The summed E-state index contributed by atoms with van der Waals surface area (Å²) in [6, 6.07) is 8.14. The standard InChI is InChI=1S/C14H10N4O4/c19-13-8(15-14(20)17-13)6-11-16-12(18-22-11)10-5-7-3-1-2-4-9(7)21-10/h1-5,8H,6H2,(H2,15,17,19,20)/t8-/m0/s1. The van der Waals surface area contributed by atoms with Crippen LogP contribution in [0.25, 0.3) is 22.6 Å². The van der Waals surface area contributed by atoms with Gasteiger partial charge < -0.3 is 14.3 Å². The second kappa shape index (κ2) is 4.69. The Bertz CT molecular complexity index is 849. The summed E-state index contributed by atoms with van der Waals surface area (Å²) in [6.07, 6.45) is 0.130. The minimum Gasteiger partial charge on any atom is -0.453 e. The van der Waals surface area contributed by atoms with Crippen molar-refractivity contribution in [2.24, 2.45) is 0 Å². The Hall–Kier alpha value is -3.16. The molecule has 1 aromatic carbocycles. The molecule has 8 heteroatoms. The lowest BCUT2D eigenvalue weighted by molar-refractivity contribution is -0.120. The number of amides is 3. The molecule has 1 atom stereocenters. The van der Waals surface area contributed by atoms with Gasteiger partial charge in [-0.15, -0.1) is 0 Å². The number of carbonyl (C=O) groups excluding carboxylic acids is 2. The Morgan fingerprint density at radius 2 is 2.09 bits per heavy atom. The van der Waals surface area contributed by atoms with Crippen LogP contribution in [-0.2, 0) is 11.2 Å². The summed E-state index contributed by atoms with van der Waals surface area (Å²) in [7, 11) is 0. The Balaban J connectivity index is 1.58. The van der Waals surface area contributed by atoms with Gasteiger partial charge in [-0.1, -0.05) is 23.4 Å². The molecule has 2 aromatic heterocycles. The molecule has 0 unspecified atom stereocenters. The number of furan rings is 1. The number of imide groups is 1. The topological polar surface area (TPSA) is 110 Å². The van der Waals surface area contributed by atoms with Gasteiger partial charge in [0.2, 0.25) is 11.7 Å². The summed E-state index contributed by atoms with van der Waals surface area (Å²) in [6.45, 7) is 0. The second-order valence-electron chi connectivity index (χ2n) is 4.88. The first-order valence-corrected chi connectivity index (χ1v) is 6.62. The van der Waals surface area contributed by atoms with E-state index in [4.69, 9.17) is 8.94 Å². The number of nitrogens with zero attached hydrogens (tertiary/aromatic N) is 2. The van der Waals surface area contributed by atoms with Crippen molar-refractivity contribution >= 4 is 22.9 Å². The number of fused-ring (bicyclic) bond motifs is 1. The summed E-state index contributed by atoms with van der Waals surface area (Å²) in [4.78, 5) is 26.7. The summed E-state index contributed by atoms with van der Waals surface area (Å²) in [5.74, 6) is 0.623. The highest BCUT2D eigenvalue weighted by Gasteiger charge is 2.31. The molecule has 4 rings (SSSR count). The molecule has 0 spiro atoms. The first kappa shape index (κ1) is 12.6. The summed E-state index contributed by atoms with van der Waals surface area (Å²) in [5, 5.41) is 9.40. The molecule has 2 N–H and O–H groups in total. The van der Waals surface area contributed by atoms with Gasteiger partial charge in [0, 0.05) is 5.39 Å².